The number of hydrogen-bond donors (Lipinski definition) is 2. The molecule has 7 heteroatoms. The van der Waals surface area contributed by atoms with E-state index in [2.05, 4.69) is 4.98 Å². The van der Waals surface area contributed by atoms with Crippen molar-refractivity contribution >= 4 is 22.9 Å². The van der Waals surface area contributed by atoms with Crippen LogP contribution in [0.5, 0.6) is 23.0 Å². The number of aromatic hydroxyl groups is 2. The molecule has 0 unspecified atom stereocenters. The van der Waals surface area contributed by atoms with Crippen LogP contribution >= 0.6 is 0 Å². The first kappa shape index (κ1) is 17.0. The largest absolute Gasteiger partial charge is 0.505 e. The van der Waals surface area contributed by atoms with Gasteiger partial charge in [-0.05, 0) is 30.4 Å². The number of nitrogens with zero attached hydrogens (tertiary/aromatic N) is 2. The van der Waals surface area contributed by atoms with Crippen molar-refractivity contribution in [3.8, 4) is 23.0 Å². The quantitative estimate of drug-likeness (QED) is 0.612. The average Bonchev–Trinajstić information content (AvgIpc) is 2.92. The normalized spacial score (nSPS) is 14.6. The minimum absolute atomic E-state index is 0.0912. The highest BCUT2D eigenvalue weighted by Crippen LogP contribution is 2.55. The second kappa shape index (κ2) is 6.20. The number of para-hydroxylation sites is 1. The van der Waals surface area contributed by atoms with E-state index in [4.69, 9.17) is 4.74 Å². The molecule has 0 spiro atoms. The van der Waals surface area contributed by atoms with Crippen LogP contribution in [0.1, 0.15) is 26.3 Å². The van der Waals surface area contributed by atoms with Crippen molar-refractivity contribution in [1.82, 2.24) is 4.98 Å². The van der Waals surface area contributed by atoms with Crippen LogP contribution in [0.2, 0.25) is 0 Å². The zero-order valence-corrected chi connectivity index (χ0v) is 15.0. The molecule has 2 N–H and O–H groups in total. The lowest BCUT2D eigenvalue weighted by Crippen LogP contribution is -2.19. The van der Waals surface area contributed by atoms with E-state index in [1.54, 1.807) is 41.6 Å². The Bertz CT molecular complexity index is 1220. The maximum Gasteiger partial charge on any atom is 0.197 e. The molecule has 2 aromatic carbocycles. The summed E-state index contributed by atoms with van der Waals surface area (Å²) in [5, 5.41) is 22.0. The Kier molecular flexibility index (Phi) is 3.64. The lowest BCUT2D eigenvalue weighted by Gasteiger charge is -2.27. The van der Waals surface area contributed by atoms with E-state index in [1.165, 1.54) is 0 Å². The van der Waals surface area contributed by atoms with Crippen LogP contribution in [0, 0.1) is 0 Å². The van der Waals surface area contributed by atoms with Crippen LogP contribution in [0.4, 0.5) is 11.4 Å². The Morgan fingerprint density at radius 2 is 1.66 bits per heavy atom. The van der Waals surface area contributed by atoms with Crippen molar-refractivity contribution in [2.24, 2.45) is 0 Å². The third-order valence-corrected chi connectivity index (χ3v) is 5.00. The maximum absolute atomic E-state index is 12.5. The lowest BCUT2D eigenvalue weighted by atomic mass is 9.91. The van der Waals surface area contributed by atoms with Gasteiger partial charge < -0.3 is 19.8 Å². The molecular formula is C22H14N2O5. The van der Waals surface area contributed by atoms with Crippen molar-refractivity contribution in [2.75, 3.05) is 4.90 Å². The summed E-state index contributed by atoms with van der Waals surface area (Å²) in [5.74, 6) is -1.67. The van der Waals surface area contributed by atoms with Crippen LogP contribution in [0.3, 0.4) is 0 Å². The number of benzene rings is 2. The van der Waals surface area contributed by atoms with Gasteiger partial charge in [0.05, 0.1) is 29.6 Å². The monoisotopic (exact) mass is 386 g/mol. The summed E-state index contributed by atoms with van der Waals surface area (Å²) >= 11 is 0. The molecule has 29 heavy (non-hydrogen) atoms. The van der Waals surface area contributed by atoms with Gasteiger partial charge in [0.2, 0.25) is 0 Å². The number of carbonyl (C=O) groups excluding carboxylic acids is 2. The summed E-state index contributed by atoms with van der Waals surface area (Å²) in [7, 11) is 0. The van der Waals surface area contributed by atoms with E-state index in [0.29, 0.717) is 18.0 Å². The minimum atomic E-state index is -0.579. The number of ketones is 2. The number of phenolic OH excluding ortho intramolecular Hbond substituents is 2. The van der Waals surface area contributed by atoms with Gasteiger partial charge in [-0.3, -0.25) is 14.6 Å². The third kappa shape index (κ3) is 2.48. The van der Waals surface area contributed by atoms with Gasteiger partial charge in [0.1, 0.15) is 11.4 Å². The number of hydrogen-bond acceptors (Lipinski definition) is 7. The minimum Gasteiger partial charge on any atom is -0.505 e. The van der Waals surface area contributed by atoms with Crippen LogP contribution < -0.4 is 9.64 Å². The van der Waals surface area contributed by atoms with E-state index in [0.717, 1.165) is 17.7 Å². The van der Waals surface area contributed by atoms with Crippen LogP contribution in [-0.4, -0.2) is 26.8 Å². The lowest BCUT2D eigenvalue weighted by molar-refractivity contribution is 0.0989. The molecule has 5 rings (SSSR count). The number of carbonyl (C=O) groups is 2. The topological polar surface area (TPSA) is 100.0 Å². The number of ether oxygens (including phenoxy) is 1. The molecule has 142 valence electrons. The molecule has 2 aliphatic rings. The second-order valence-corrected chi connectivity index (χ2v) is 6.69. The molecule has 7 nitrogen and oxygen atoms in total. The Hall–Kier alpha value is -4.13. The molecular weight excluding hydrogens is 372 g/mol. The standard InChI is InChI=1S/C22H14N2O5/c25-14-7-8-15(26)18-17(14)20(27)19-22(21(18)28)29-16-6-2-1-4-12(16)11-24(19)13-5-3-9-23-10-13/h1-10,27-28H,11H2. The molecule has 1 aliphatic heterocycles. The van der Waals surface area contributed by atoms with E-state index < -0.39 is 23.1 Å². The van der Waals surface area contributed by atoms with Gasteiger partial charge in [-0.15, -0.1) is 0 Å². The van der Waals surface area contributed by atoms with E-state index >= 15 is 0 Å². The molecule has 3 aromatic rings. The van der Waals surface area contributed by atoms with Crippen molar-refractivity contribution < 1.29 is 24.5 Å². The number of fused-ring (bicyclic) bond motifs is 3. The Balaban J connectivity index is 1.86. The highest BCUT2D eigenvalue weighted by atomic mass is 16.5. The molecule has 0 atom stereocenters. The summed E-state index contributed by atoms with van der Waals surface area (Å²) in [6.07, 6.45) is 5.36. The second-order valence-electron chi connectivity index (χ2n) is 6.69. The van der Waals surface area contributed by atoms with Crippen molar-refractivity contribution in [3.63, 3.8) is 0 Å². The maximum atomic E-state index is 12.5. The molecule has 0 bridgehead atoms. The van der Waals surface area contributed by atoms with Gasteiger partial charge in [-0.1, -0.05) is 18.2 Å². The summed E-state index contributed by atoms with van der Waals surface area (Å²) in [6.45, 7) is 0.290. The summed E-state index contributed by atoms with van der Waals surface area (Å²) < 4.78 is 5.96. The number of allylic oxidation sites excluding steroid dienone is 2. The fourth-order valence-corrected chi connectivity index (χ4v) is 3.66. The van der Waals surface area contributed by atoms with Crippen LogP contribution in [-0.2, 0) is 6.54 Å². The molecule has 0 fully saturated rings. The van der Waals surface area contributed by atoms with Gasteiger partial charge in [0, 0.05) is 11.8 Å². The average molecular weight is 386 g/mol. The van der Waals surface area contributed by atoms with Crippen molar-refractivity contribution in [1.29, 1.82) is 0 Å². The van der Waals surface area contributed by atoms with E-state index in [-0.39, 0.29) is 22.6 Å². The molecule has 0 saturated heterocycles. The van der Waals surface area contributed by atoms with E-state index in [9.17, 15) is 19.8 Å². The van der Waals surface area contributed by atoms with Crippen molar-refractivity contribution in [2.45, 2.75) is 6.54 Å². The van der Waals surface area contributed by atoms with Gasteiger partial charge in [-0.2, -0.15) is 0 Å². The Morgan fingerprint density at radius 3 is 2.38 bits per heavy atom. The third-order valence-electron chi connectivity index (χ3n) is 5.00. The fourth-order valence-electron chi connectivity index (χ4n) is 3.66. The van der Waals surface area contributed by atoms with Gasteiger partial charge in [0.15, 0.2) is 28.8 Å². The fraction of sp³-hybridized carbons (Fsp3) is 0.0455. The van der Waals surface area contributed by atoms with Gasteiger partial charge in [-0.25, -0.2) is 0 Å². The summed E-state index contributed by atoms with van der Waals surface area (Å²) in [4.78, 5) is 30.7. The van der Waals surface area contributed by atoms with E-state index in [1.807, 2.05) is 12.1 Å². The summed E-state index contributed by atoms with van der Waals surface area (Å²) in [5.41, 5.74) is 1.01. The number of anilines is 2. The molecule has 0 amide bonds. The number of rotatable bonds is 1. The highest BCUT2D eigenvalue weighted by Gasteiger charge is 2.37. The number of phenols is 2. The van der Waals surface area contributed by atoms with Crippen LogP contribution in [0.15, 0.2) is 60.9 Å². The number of aromatic nitrogens is 1. The predicted octanol–water partition coefficient (Wildman–Crippen LogP) is 3.87. The molecule has 1 aromatic heterocycles. The van der Waals surface area contributed by atoms with Crippen molar-refractivity contribution in [3.05, 3.63) is 77.6 Å². The molecule has 2 heterocycles. The highest BCUT2D eigenvalue weighted by molar-refractivity contribution is 6.25. The number of pyridine rings is 1. The molecule has 0 radical (unpaired) electrons. The summed E-state index contributed by atoms with van der Waals surface area (Å²) in [6, 6.07) is 10.7. The van der Waals surface area contributed by atoms with Gasteiger partial charge >= 0.3 is 0 Å². The molecule has 1 aliphatic carbocycles. The Labute approximate surface area is 165 Å². The smallest absolute Gasteiger partial charge is 0.197 e. The zero-order chi connectivity index (χ0) is 20.1. The first-order chi connectivity index (χ1) is 14.1. The Morgan fingerprint density at radius 1 is 0.931 bits per heavy atom. The SMILES string of the molecule is O=C1C=CC(=O)c2c(O)c3c(c(O)c21)Oc1ccccc1CN3c1cccnc1. The zero-order valence-electron chi connectivity index (χ0n) is 15.0. The van der Waals surface area contributed by atoms with Crippen LogP contribution in [0.25, 0.3) is 0 Å². The van der Waals surface area contributed by atoms with Gasteiger partial charge in [0.25, 0.3) is 0 Å². The molecule has 0 saturated carbocycles. The first-order valence-electron chi connectivity index (χ1n) is 8.88. The first-order valence-corrected chi connectivity index (χ1v) is 8.88. The predicted molar refractivity (Wildman–Crippen MR) is 104 cm³/mol.